The molecule has 0 aromatic carbocycles. The molecule has 1 atom stereocenters. The van der Waals surface area contributed by atoms with Gasteiger partial charge in [-0.2, -0.15) is 0 Å². The Morgan fingerprint density at radius 3 is 2.78 bits per heavy atom. The highest BCUT2D eigenvalue weighted by Crippen LogP contribution is 2.27. The van der Waals surface area contributed by atoms with Crippen LogP contribution < -0.4 is 10.6 Å². The minimum absolute atomic E-state index is 0.282. The second-order valence-electron chi connectivity index (χ2n) is 6.45. The maximum absolute atomic E-state index is 12.5. The van der Waals surface area contributed by atoms with Crippen LogP contribution in [0.5, 0.6) is 0 Å². The third-order valence-electron chi connectivity index (χ3n) is 4.73. The summed E-state index contributed by atoms with van der Waals surface area (Å²) < 4.78 is 5.33. The van der Waals surface area contributed by atoms with Crippen molar-refractivity contribution >= 4 is 11.9 Å². The molecule has 1 unspecified atom stereocenters. The van der Waals surface area contributed by atoms with Gasteiger partial charge in [0.05, 0.1) is 0 Å². The Hall–Kier alpha value is -1.30. The molecular weight excluding hydrogens is 292 g/mol. The van der Waals surface area contributed by atoms with E-state index >= 15 is 0 Å². The number of rotatable bonds is 7. The van der Waals surface area contributed by atoms with Crippen LogP contribution in [0.15, 0.2) is 4.99 Å². The fraction of sp³-hybridized carbons (Fsp3) is 0.882. The summed E-state index contributed by atoms with van der Waals surface area (Å²) in [5.41, 5.74) is 0. The minimum atomic E-state index is 0.282. The van der Waals surface area contributed by atoms with Gasteiger partial charge in [0.15, 0.2) is 5.96 Å². The molecule has 2 fully saturated rings. The Morgan fingerprint density at radius 1 is 1.30 bits per heavy atom. The molecule has 23 heavy (non-hydrogen) atoms. The number of nitrogens with zero attached hydrogens (tertiary/aromatic N) is 2. The predicted octanol–water partition coefficient (Wildman–Crippen LogP) is 1.37. The molecule has 6 nitrogen and oxygen atoms in total. The van der Waals surface area contributed by atoms with Crippen LogP contribution in [0.3, 0.4) is 0 Å². The predicted molar refractivity (Wildman–Crippen MR) is 92.6 cm³/mol. The fourth-order valence-electron chi connectivity index (χ4n) is 3.42. The van der Waals surface area contributed by atoms with Crippen molar-refractivity contribution in [3.05, 3.63) is 0 Å². The summed E-state index contributed by atoms with van der Waals surface area (Å²) in [6.07, 6.45) is 6.55. The Morgan fingerprint density at radius 2 is 2.09 bits per heavy atom. The van der Waals surface area contributed by atoms with Gasteiger partial charge in [-0.25, -0.2) is 0 Å². The van der Waals surface area contributed by atoms with Crippen molar-refractivity contribution in [1.82, 2.24) is 15.5 Å². The van der Waals surface area contributed by atoms with E-state index in [0.29, 0.717) is 11.9 Å². The number of likely N-dealkylation sites (tertiary alicyclic amines) is 1. The second-order valence-corrected chi connectivity index (χ2v) is 6.45. The number of nitrogens with one attached hydrogen (secondary N) is 2. The molecule has 0 aromatic heterocycles. The van der Waals surface area contributed by atoms with Crippen LogP contribution in [0.1, 0.15) is 45.4 Å². The first-order chi connectivity index (χ1) is 11.2. The maximum Gasteiger partial charge on any atom is 0.225 e. The van der Waals surface area contributed by atoms with Crippen LogP contribution in [-0.4, -0.2) is 62.7 Å². The van der Waals surface area contributed by atoms with Crippen LogP contribution in [0.25, 0.3) is 0 Å². The number of carbonyl (C=O) groups excluding carboxylic acids is 1. The number of amides is 1. The summed E-state index contributed by atoms with van der Waals surface area (Å²) in [6, 6.07) is 0.304. The first kappa shape index (κ1) is 18.0. The van der Waals surface area contributed by atoms with Gasteiger partial charge in [-0.15, -0.1) is 0 Å². The van der Waals surface area contributed by atoms with Crippen LogP contribution in [-0.2, 0) is 9.53 Å². The lowest BCUT2D eigenvalue weighted by Crippen LogP contribution is -2.45. The fourth-order valence-corrected chi connectivity index (χ4v) is 3.42. The van der Waals surface area contributed by atoms with Gasteiger partial charge in [-0.05, 0) is 32.6 Å². The number of ether oxygens (including phenoxy) is 1. The molecule has 2 rings (SSSR count). The van der Waals surface area contributed by atoms with E-state index in [1.165, 1.54) is 12.8 Å². The van der Waals surface area contributed by atoms with Crippen LogP contribution in [0, 0.1) is 5.92 Å². The molecule has 0 spiro atoms. The number of hydrogen-bond acceptors (Lipinski definition) is 3. The van der Waals surface area contributed by atoms with Crippen LogP contribution in [0.2, 0.25) is 0 Å². The molecule has 2 aliphatic rings. The second kappa shape index (κ2) is 9.75. The summed E-state index contributed by atoms with van der Waals surface area (Å²) in [4.78, 5) is 18.8. The summed E-state index contributed by atoms with van der Waals surface area (Å²) in [7, 11) is 1.79. The van der Waals surface area contributed by atoms with E-state index in [4.69, 9.17) is 4.74 Å². The molecule has 1 amide bonds. The topological polar surface area (TPSA) is 66.0 Å². The van der Waals surface area contributed by atoms with Gasteiger partial charge >= 0.3 is 0 Å². The number of carbonyl (C=O) groups is 1. The van der Waals surface area contributed by atoms with Crippen molar-refractivity contribution in [3.63, 3.8) is 0 Å². The van der Waals surface area contributed by atoms with Crippen LogP contribution >= 0.6 is 0 Å². The quantitative estimate of drug-likeness (QED) is 0.422. The summed E-state index contributed by atoms with van der Waals surface area (Å²) in [5, 5.41) is 6.75. The average Bonchev–Trinajstić information content (AvgIpc) is 3.24. The molecular formula is C17H32N4O2. The minimum Gasteiger partial charge on any atom is -0.382 e. The average molecular weight is 324 g/mol. The monoisotopic (exact) mass is 324 g/mol. The standard InChI is InChI=1S/C17H32N4O2/c1-3-23-12-6-10-19-17(18-2)20-15-9-11-21(13-15)16(22)14-7-4-5-8-14/h14-15H,3-13H2,1-2H3,(H2,18,19,20). The Balaban J connectivity index is 1.67. The SMILES string of the molecule is CCOCCCNC(=NC)NC1CCN(C(=O)C2CCCC2)C1. The van der Waals surface area contributed by atoms with Gasteiger partial charge in [-0.1, -0.05) is 12.8 Å². The number of aliphatic imine (C=N–C) groups is 1. The van der Waals surface area contributed by atoms with Gasteiger partial charge in [-0.3, -0.25) is 9.79 Å². The van der Waals surface area contributed by atoms with E-state index in [0.717, 1.165) is 64.5 Å². The first-order valence-electron chi connectivity index (χ1n) is 9.08. The molecule has 1 saturated heterocycles. The maximum atomic E-state index is 12.5. The largest absolute Gasteiger partial charge is 0.382 e. The first-order valence-corrected chi connectivity index (χ1v) is 9.08. The van der Waals surface area contributed by atoms with Gasteiger partial charge in [0, 0.05) is 51.9 Å². The normalized spacial score (nSPS) is 22.6. The van der Waals surface area contributed by atoms with Crippen molar-refractivity contribution < 1.29 is 9.53 Å². The van der Waals surface area contributed by atoms with Crippen molar-refractivity contribution in [3.8, 4) is 0 Å². The Kier molecular flexibility index (Phi) is 7.65. The summed E-state index contributed by atoms with van der Waals surface area (Å²) in [6.45, 7) is 6.06. The highest BCUT2D eigenvalue weighted by atomic mass is 16.5. The molecule has 2 N–H and O–H groups in total. The highest BCUT2D eigenvalue weighted by Gasteiger charge is 2.32. The van der Waals surface area contributed by atoms with Gasteiger partial charge < -0.3 is 20.3 Å². The lowest BCUT2D eigenvalue weighted by atomic mass is 10.1. The Bertz CT molecular complexity index is 394. The molecule has 132 valence electrons. The Labute approximate surface area is 140 Å². The number of hydrogen-bond donors (Lipinski definition) is 2. The lowest BCUT2D eigenvalue weighted by molar-refractivity contribution is -0.134. The van der Waals surface area contributed by atoms with E-state index in [2.05, 4.69) is 15.6 Å². The molecule has 0 bridgehead atoms. The third kappa shape index (κ3) is 5.68. The summed E-state index contributed by atoms with van der Waals surface area (Å²) >= 11 is 0. The van der Waals surface area contributed by atoms with Gasteiger partial charge in [0.25, 0.3) is 0 Å². The van der Waals surface area contributed by atoms with Gasteiger partial charge in [0.1, 0.15) is 0 Å². The van der Waals surface area contributed by atoms with Crippen molar-refractivity contribution in [1.29, 1.82) is 0 Å². The van der Waals surface area contributed by atoms with Crippen LogP contribution in [0.4, 0.5) is 0 Å². The highest BCUT2D eigenvalue weighted by molar-refractivity contribution is 5.81. The molecule has 0 aromatic rings. The van der Waals surface area contributed by atoms with Crippen molar-refractivity contribution in [2.24, 2.45) is 10.9 Å². The third-order valence-corrected chi connectivity index (χ3v) is 4.73. The van der Waals surface area contributed by atoms with E-state index in [1.807, 2.05) is 11.8 Å². The molecule has 6 heteroatoms. The zero-order valence-corrected chi connectivity index (χ0v) is 14.6. The smallest absolute Gasteiger partial charge is 0.225 e. The molecule has 1 aliphatic heterocycles. The number of guanidine groups is 1. The summed E-state index contributed by atoms with van der Waals surface area (Å²) in [5.74, 6) is 1.47. The molecule has 1 saturated carbocycles. The zero-order chi connectivity index (χ0) is 16.5. The van der Waals surface area contributed by atoms with Gasteiger partial charge in [0.2, 0.25) is 5.91 Å². The molecule has 1 aliphatic carbocycles. The molecule has 0 radical (unpaired) electrons. The van der Waals surface area contributed by atoms with Crippen molar-refractivity contribution in [2.45, 2.75) is 51.5 Å². The lowest BCUT2D eigenvalue weighted by Gasteiger charge is -2.21. The van der Waals surface area contributed by atoms with E-state index in [-0.39, 0.29) is 5.92 Å². The molecule has 1 heterocycles. The zero-order valence-electron chi connectivity index (χ0n) is 14.6. The van der Waals surface area contributed by atoms with Crippen molar-refractivity contribution in [2.75, 3.05) is 39.9 Å². The van der Waals surface area contributed by atoms with E-state index < -0.39 is 0 Å². The van der Waals surface area contributed by atoms with E-state index in [1.54, 1.807) is 7.05 Å². The van der Waals surface area contributed by atoms with E-state index in [9.17, 15) is 4.79 Å².